The van der Waals surface area contributed by atoms with Crippen molar-refractivity contribution >= 4 is 5.78 Å². The Morgan fingerprint density at radius 3 is 2.65 bits per heavy atom. The summed E-state index contributed by atoms with van der Waals surface area (Å²) in [6.07, 6.45) is 2.65. The first-order chi connectivity index (χ1) is 8.15. The highest BCUT2D eigenvalue weighted by Crippen LogP contribution is 2.09. The molecule has 0 aliphatic carbocycles. The van der Waals surface area contributed by atoms with E-state index in [1.54, 1.807) is 18.2 Å². The van der Waals surface area contributed by atoms with Crippen LogP contribution in [0.2, 0.25) is 0 Å². The highest BCUT2D eigenvalue weighted by molar-refractivity contribution is 5.96. The van der Waals surface area contributed by atoms with Crippen molar-refractivity contribution in [3.63, 3.8) is 0 Å². The Labute approximate surface area is 102 Å². The second kappa shape index (κ2) is 7.17. The molecule has 0 atom stereocenters. The zero-order valence-electron chi connectivity index (χ0n) is 10.6. The molecule has 3 heteroatoms. The molecule has 0 aliphatic rings. The van der Waals surface area contributed by atoms with E-state index in [-0.39, 0.29) is 11.3 Å². The van der Waals surface area contributed by atoms with Crippen molar-refractivity contribution in [1.82, 2.24) is 4.90 Å². The van der Waals surface area contributed by atoms with Gasteiger partial charge in [-0.3, -0.25) is 4.79 Å². The summed E-state index contributed by atoms with van der Waals surface area (Å²) in [6.45, 7) is 3.81. The largest absolute Gasteiger partial charge is 0.306 e. The van der Waals surface area contributed by atoms with Crippen molar-refractivity contribution in [2.75, 3.05) is 20.1 Å². The van der Waals surface area contributed by atoms with Gasteiger partial charge < -0.3 is 4.90 Å². The molecule has 0 radical (unpaired) electrons. The molecule has 0 heterocycles. The van der Waals surface area contributed by atoms with E-state index in [2.05, 4.69) is 11.8 Å². The maximum Gasteiger partial charge on any atom is 0.167 e. The molecule has 0 saturated heterocycles. The van der Waals surface area contributed by atoms with Crippen LogP contribution in [-0.4, -0.2) is 30.8 Å². The maximum atomic E-state index is 13.3. The Hall–Kier alpha value is -1.22. The number of nitrogens with zero attached hydrogens (tertiary/aromatic N) is 1. The molecule has 0 fully saturated rings. The van der Waals surface area contributed by atoms with Crippen LogP contribution in [-0.2, 0) is 0 Å². The minimum absolute atomic E-state index is 0.119. The Balaban J connectivity index is 2.42. The van der Waals surface area contributed by atoms with E-state index < -0.39 is 5.82 Å². The first kappa shape index (κ1) is 13.8. The van der Waals surface area contributed by atoms with Gasteiger partial charge in [-0.05, 0) is 32.1 Å². The Kier molecular flexibility index (Phi) is 5.84. The fourth-order valence-electron chi connectivity index (χ4n) is 1.65. The van der Waals surface area contributed by atoms with E-state index in [1.807, 2.05) is 7.05 Å². The molecule has 1 rings (SSSR count). The molecule has 1 aromatic rings. The molecule has 0 unspecified atom stereocenters. The molecule has 0 aliphatic heterocycles. The Bertz CT molecular complexity index is 365. The van der Waals surface area contributed by atoms with Gasteiger partial charge in [0, 0.05) is 13.0 Å². The molecule has 0 aromatic heterocycles. The van der Waals surface area contributed by atoms with Crippen LogP contribution in [0.1, 0.15) is 36.5 Å². The summed E-state index contributed by atoms with van der Waals surface area (Å²) in [5.74, 6) is -0.542. The second-order valence-corrected chi connectivity index (χ2v) is 4.31. The number of rotatable bonds is 7. The highest BCUT2D eigenvalue weighted by Gasteiger charge is 2.11. The van der Waals surface area contributed by atoms with Gasteiger partial charge in [-0.25, -0.2) is 4.39 Å². The molecule has 0 saturated carbocycles. The van der Waals surface area contributed by atoms with E-state index in [4.69, 9.17) is 0 Å². The third kappa shape index (κ3) is 4.65. The number of carbonyl (C=O) groups excluding carboxylic acids is 1. The van der Waals surface area contributed by atoms with Crippen molar-refractivity contribution in [2.45, 2.75) is 26.2 Å². The quantitative estimate of drug-likeness (QED) is 0.679. The molecule has 0 amide bonds. The fraction of sp³-hybridized carbons (Fsp3) is 0.500. The van der Waals surface area contributed by atoms with Crippen LogP contribution >= 0.6 is 0 Å². The van der Waals surface area contributed by atoms with Gasteiger partial charge in [-0.15, -0.1) is 0 Å². The monoisotopic (exact) mass is 237 g/mol. The fourth-order valence-corrected chi connectivity index (χ4v) is 1.65. The van der Waals surface area contributed by atoms with Crippen LogP contribution in [0.4, 0.5) is 4.39 Å². The summed E-state index contributed by atoms with van der Waals surface area (Å²) in [6, 6.07) is 6.16. The van der Waals surface area contributed by atoms with Crippen LogP contribution in [0.5, 0.6) is 0 Å². The maximum absolute atomic E-state index is 13.3. The van der Waals surface area contributed by atoms with Crippen LogP contribution in [0.25, 0.3) is 0 Å². The lowest BCUT2D eigenvalue weighted by molar-refractivity contribution is 0.0965. The van der Waals surface area contributed by atoms with Crippen LogP contribution < -0.4 is 0 Å². The molecular weight excluding hydrogens is 217 g/mol. The predicted octanol–water partition coefficient (Wildman–Crippen LogP) is 3.13. The number of Topliss-reactive ketones (excluding diaryl/α,β-unsaturated/α-hetero) is 1. The average Bonchev–Trinajstić information content (AvgIpc) is 2.34. The topological polar surface area (TPSA) is 20.3 Å². The minimum Gasteiger partial charge on any atom is -0.306 e. The number of benzene rings is 1. The molecule has 0 spiro atoms. The number of carbonyl (C=O) groups is 1. The van der Waals surface area contributed by atoms with Gasteiger partial charge in [0.05, 0.1) is 5.56 Å². The van der Waals surface area contributed by atoms with Crippen LogP contribution in [0.15, 0.2) is 24.3 Å². The SMILES string of the molecule is CCCCN(C)CCC(=O)c1ccccc1F. The first-order valence-electron chi connectivity index (χ1n) is 6.11. The summed E-state index contributed by atoms with van der Waals surface area (Å²) in [5, 5.41) is 0. The number of halogens is 1. The van der Waals surface area contributed by atoms with Gasteiger partial charge in [0.2, 0.25) is 0 Å². The predicted molar refractivity (Wildman–Crippen MR) is 67.8 cm³/mol. The van der Waals surface area contributed by atoms with Crippen LogP contribution in [0.3, 0.4) is 0 Å². The van der Waals surface area contributed by atoms with Crippen LogP contribution in [0, 0.1) is 5.82 Å². The molecule has 2 nitrogen and oxygen atoms in total. The lowest BCUT2D eigenvalue weighted by Crippen LogP contribution is -2.23. The first-order valence-corrected chi connectivity index (χ1v) is 6.11. The van der Waals surface area contributed by atoms with Gasteiger partial charge in [-0.1, -0.05) is 25.5 Å². The van der Waals surface area contributed by atoms with Crippen molar-refractivity contribution in [1.29, 1.82) is 0 Å². The minimum atomic E-state index is -0.422. The van der Waals surface area contributed by atoms with Gasteiger partial charge in [0.25, 0.3) is 0 Å². The van der Waals surface area contributed by atoms with E-state index in [0.29, 0.717) is 13.0 Å². The van der Waals surface area contributed by atoms with Crippen molar-refractivity contribution < 1.29 is 9.18 Å². The summed E-state index contributed by atoms with van der Waals surface area (Å²) in [5.41, 5.74) is 0.205. The lowest BCUT2D eigenvalue weighted by atomic mass is 10.1. The highest BCUT2D eigenvalue weighted by atomic mass is 19.1. The van der Waals surface area contributed by atoms with Crippen molar-refractivity contribution in [3.05, 3.63) is 35.6 Å². The summed E-state index contributed by atoms with van der Waals surface area (Å²) >= 11 is 0. The molecule has 94 valence electrons. The molecule has 0 bridgehead atoms. The molecule has 1 aromatic carbocycles. The second-order valence-electron chi connectivity index (χ2n) is 4.31. The van der Waals surface area contributed by atoms with E-state index in [9.17, 15) is 9.18 Å². The standard InChI is InChI=1S/C14H20FNO/c1-3-4-10-16(2)11-9-14(17)12-7-5-6-8-13(12)15/h5-8H,3-4,9-11H2,1-2H3. The zero-order chi connectivity index (χ0) is 12.7. The Morgan fingerprint density at radius 2 is 2.00 bits per heavy atom. The van der Waals surface area contributed by atoms with E-state index in [1.165, 1.54) is 6.07 Å². The van der Waals surface area contributed by atoms with Gasteiger partial charge >= 0.3 is 0 Å². The zero-order valence-corrected chi connectivity index (χ0v) is 10.6. The number of hydrogen-bond acceptors (Lipinski definition) is 2. The smallest absolute Gasteiger partial charge is 0.167 e. The summed E-state index contributed by atoms with van der Waals surface area (Å²) < 4.78 is 13.3. The van der Waals surface area contributed by atoms with Crippen molar-refractivity contribution in [3.8, 4) is 0 Å². The third-order valence-corrected chi connectivity index (χ3v) is 2.79. The molecular formula is C14H20FNO. The third-order valence-electron chi connectivity index (χ3n) is 2.79. The van der Waals surface area contributed by atoms with E-state index in [0.717, 1.165) is 19.4 Å². The number of unbranched alkanes of at least 4 members (excludes halogenated alkanes) is 1. The van der Waals surface area contributed by atoms with Gasteiger partial charge in [0.1, 0.15) is 5.82 Å². The Morgan fingerprint density at radius 1 is 1.29 bits per heavy atom. The molecule has 0 N–H and O–H groups in total. The van der Waals surface area contributed by atoms with Crippen molar-refractivity contribution in [2.24, 2.45) is 0 Å². The summed E-state index contributed by atoms with van der Waals surface area (Å²) in [4.78, 5) is 13.9. The van der Waals surface area contributed by atoms with Gasteiger partial charge in [0.15, 0.2) is 5.78 Å². The van der Waals surface area contributed by atoms with Gasteiger partial charge in [-0.2, -0.15) is 0 Å². The normalized spacial score (nSPS) is 10.8. The number of hydrogen-bond donors (Lipinski definition) is 0. The summed E-state index contributed by atoms with van der Waals surface area (Å²) in [7, 11) is 1.99. The number of ketones is 1. The average molecular weight is 237 g/mol. The molecule has 17 heavy (non-hydrogen) atoms. The lowest BCUT2D eigenvalue weighted by Gasteiger charge is -2.15. The van der Waals surface area contributed by atoms with E-state index >= 15 is 0 Å².